The molecule has 0 saturated heterocycles. The Morgan fingerprint density at radius 3 is 2.32 bits per heavy atom. The number of aromatic nitrogens is 2. The largest absolute Gasteiger partial charge is 0.493 e. The molecule has 1 rings (SSSR count). The van der Waals surface area contributed by atoms with Crippen LogP contribution in [0.15, 0.2) is 4.79 Å². The van der Waals surface area contributed by atoms with Gasteiger partial charge < -0.3 is 15.0 Å². The molecule has 2 N–H and O–H groups in total. The van der Waals surface area contributed by atoms with Gasteiger partial charge in [-0.25, -0.2) is 4.79 Å². The fourth-order valence-electron chi connectivity index (χ4n) is 3.61. The van der Waals surface area contributed by atoms with Gasteiger partial charge in [0, 0.05) is 20.0 Å². The molecule has 0 saturated carbocycles. The molecule has 28 heavy (non-hydrogen) atoms. The Balaban J connectivity index is 2.62. The molecule has 0 fully saturated rings. The zero-order chi connectivity index (χ0) is 21.2. The summed E-state index contributed by atoms with van der Waals surface area (Å²) in [4.78, 5) is 23.5. The second kappa shape index (κ2) is 12.1. The normalized spacial score (nSPS) is 13.6. The second-order valence-electron chi connectivity index (χ2n) is 8.44. The Hall–Kier alpha value is -1.56. The molecule has 0 amide bonds. The Morgan fingerprint density at radius 1 is 1.04 bits per heavy atom. The van der Waals surface area contributed by atoms with E-state index in [0.717, 1.165) is 44.9 Å². The molecule has 1 unspecified atom stereocenters. The summed E-state index contributed by atoms with van der Waals surface area (Å²) >= 11 is 0. The topological polar surface area (TPSA) is 84.5 Å². The van der Waals surface area contributed by atoms with Crippen LogP contribution in [-0.2, 0) is 24.8 Å². The van der Waals surface area contributed by atoms with E-state index < -0.39 is 5.60 Å². The summed E-state index contributed by atoms with van der Waals surface area (Å²) in [5.41, 5.74) is -0.380. The van der Waals surface area contributed by atoms with Crippen LogP contribution in [0, 0.1) is 0 Å². The van der Waals surface area contributed by atoms with Crippen LogP contribution >= 0.6 is 0 Å². The third-order valence-corrected chi connectivity index (χ3v) is 5.55. The number of carbonyl (C=O) groups is 1. The number of rotatable bonds is 15. The molecule has 0 aliphatic heterocycles. The summed E-state index contributed by atoms with van der Waals surface area (Å²) in [6, 6.07) is 0. The molecule has 0 spiro atoms. The predicted octanol–water partition coefficient (Wildman–Crippen LogP) is 4.09. The van der Waals surface area contributed by atoms with E-state index in [-0.39, 0.29) is 17.4 Å². The fraction of sp³-hybridized carbons (Fsp3) is 0.818. The van der Waals surface area contributed by atoms with Crippen molar-refractivity contribution in [1.29, 1.82) is 0 Å². The summed E-state index contributed by atoms with van der Waals surface area (Å²) in [7, 11) is 1.58. The van der Waals surface area contributed by atoms with E-state index in [1.165, 1.54) is 17.4 Å². The molecule has 0 radical (unpaired) electrons. The maximum absolute atomic E-state index is 12.5. The zero-order valence-corrected chi connectivity index (χ0v) is 18.3. The van der Waals surface area contributed by atoms with Crippen molar-refractivity contribution >= 4 is 5.78 Å². The Kier molecular flexibility index (Phi) is 10.6. The quantitative estimate of drug-likeness (QED) is 0.437. The molecule has 162 valence electrons. The minimum absolute atomic E-state index is 0.0244. The van der Waals surface area contributed by atoms with Crippen molar-refractivity contribution in [3.8, 4) is 5.88 Å². The molecule has 1 atom stereocenters. The van der Waals surface area contributed by atoms with Crippen molar-refractivity contribution in [3.05, 3.63) is 16.2 Å². The summed E-state index contributed by atoms with van der Waals surface area (Å²) in [6.45, 7) is 6.02. The zero-order valence-electron chi connectivity index (χ0n) is 18.3. The number of unbranched alkanes of at least 4 members (excludes halogenated alkanes) is 6. The van der Waals surface area contributed by atoms with Crippen LogP contribution in [0.1, 0.15) is 97.1 Å². The van der Waals surface area contributed by atoms with Crippen molar-refractivity contribution in [1.82, 2.24) is 9.13 Å². The van der Waals surface area contributed by atoms with Crippen molar-refractivity contribution in [2.24, 2.45) is 7.05 Å². The average Bonchev–Trinajstić information content (AvgIpc) is 2.83. The molecular weight excluding hydrogens is 356 g/mol. The standard InChI is InChI=1S/C22H40N2O4/c1-5-6-7-12-15-22(3,28)16-17-24-19(20(26)23(4)21(24)27)14-11-9-8-10-13-18(2)25/h26,28H,5-17H2,1-4H3. The number of carbonyl (C=O) groups excluding carboxylic acids is 1. The average molecular weight is 397 g/mol. The minimum Gasteiger partial charge on any atom is -0.493 e. The van der Waals surface area contributed by atoms with Gasteiger partial charge in [-0.3, -0.25) is 9.13 Å². The van der Waals surface area contributed by atoms with Crippen LogP contribution in [0.2, 0.25) is 0 Å². The number of imidazole rings is 1. The molecule has 1 aromatic heterocycles. The number of aromatic hydroxyl groups is 1. The Labute approximate surface area is 169 Å². The highest BCUT2D eigenvalue weighted by molar-refractivity contribution is 5.75. The first-order chi connectivity index (χ1) is 13.2. The van der Waals surface area contributed by atoms with Gasteiger partial charge in [0.1, 0.15) is 5.78 Å². The van der Waals surface area contributed by atoms with Gasteiger partial charge >= 0.3 is 5.69 Å². The number of nitrogens with zero attached hydrogens (tertiary/aromatic N) is 2. The van der Waals surface area contributed by atoms with E-state index in [1.54, 1.807) is 18.5 Å². The number of hydrogen-bond donors (Lipinski definition) is 2. The van der Waals surface area contributed by atoms with E-state index in [2.05, 4.69) is 6.92 Å². The Morgan fingerprint density at radius 2 is 1.68 bits per heavy atom. The minimum atomic E-state index is -0.803. The molecule has 0 aromatic carbocycles. The molecule has 6 nitrogen and oxygen atoms in total. The van der Waals surface area contributed by atoms with Gasteiger partial charge in [-0.2, -0.15) is 0 Å². The predicted molar refractivity (Wildman–Crippen MR) is 113 cm³/mol. The van der Waals surface area contributed by atoms with Gasteiger partial charge in [0.25, 0.3) is 0 Å². The number of ketones is 1. The van der Waals surface area contributed by atoms with Crippen LogP contribution in [0.25, 0.3) is 0 Å². The highest BCUT2D eigenvalue weighted by atomic mass is 16.3. The molecular formula is C22H40N2O4. The molecule has 1 heterocycles. The summed E-state index contributed by atoms with van der Waals surface area (Å²) < 4.78 is 2.90. The monoisotopic (exact) mass is 396 g/mol. The van der Waals surface area contributed by atoms with Gasteiger partial charge in [-0.05, 0) is 46.0 Å². The van der Waals surface area contributed by atoms with E-state index in [1.807, 2.05) is 6.92 Å². The molecule has 0 bridgehead atoms. The van der Waals surface area contributed by atoms with E-state index in [4.69, 9.17) is 0 Å². The Bertz CT molecular complexity index is 658. The smallest absolute Gasteiger partial charge is 0.331 e. The lowest BCUT2D eigenvalue weighted by Crippen LogP contribution is -2.30. The van der Waals surface area contributed by atoms with Gasteiger partial charge in [0.2, 0.25) is 5.88 Å². The van der Waals surface area contributed by atoms with Crippen LogP contribution in [0.3, 0.4) is 0 Å². The lowest BCUT2D eigenvalue weighted by molar-refractivity contribution is -0.117. The summed E-state index contributed by atoms with van der Waals surface area (Å²) in [6.07, 6.45) is 10.6. The lowest BCUT2D eigenvalue weighted by Gasteiger charge is -2.23. The summed E-state index contributed by atoms with van der Waals surface area (Å²) in [5, 5.41) is 21.0. The van der Waals surface area contributed by atoms with Crippen LogP contribution in [0.5, 0.6) is 5.88 Å². The van der Waals surface area contributed by atoms with E-state index in [9.17, 15) is 19.8 Å². The number of hydrogen-bond acceptors (Lipinski definition) is 4. The molecule has 0 aliphatic rings. The fourth-order valence-corrected chi connectivity index (χ4v) is 3.61. The number of aliphatic hydroxyl groups is 1. The SMILES string of the molecule is CCCCCCC(C)(O)CCn1c(CCCCCCC(C)=O)c(O)n(C)c1=O. The van der Waals surface area contributed by atoms with E-state index in [0.29, 0.717) is 31.5 Å². The van der Waals surface area contributed by atoms with Crippen molar-refractivity contribution < 1.29 is 15.0 Å². The lowest BCUT2D eigenvalue weighted by atomic mass is 9.94. The summed E-state index contributed by atoms with van der Waals surface area (Å²) in [5.74, 6) is 0.243. The maximum atomic E-state index is 12.5. The van der Waals surface area contributed by atoms with Crippen molar-refractivity contribution in [2.45, 2.75) is 110 Å². The van der Waals surface area contributed by atoms with E-state index >= 15 is 0 Å². The van der Waals surface area contributed by atoms with Gasteiger partial charge in [0.05, 0.1) is 11.3 Å². The first-order valence-corrected chi connectivity index (χ1v) is 10.9. The first-order valence-electron chi connectivity index (χ1n) is 10.9. The molecule has 6 heteroatoms. The molecule has 0 aliphatic carbocycles. The van der Waals surface area contributed by atoms with Gasteiger partial charge in [-0.1, -0.05) is 45.4 Å². The van der Waals surface area contributed by atoms with Gasteiger partial charge in [0.15, 0.2) is 0 Å². The van der Waals surface area contributed by atoms with Crippen LogP contribution in [0.4, 0.5) is 0 Å². The third kappa shape index (κ3) is 8.21. The maximum Gasteiger partial charge on any atom is 0.331 e. The molecule has 1 aromatic rings. The third-order valence-electron chi connectivity index (χ3n) is 5.55. The highest BCUT2D eigenvalue weighted by Crippen LogP contribution is 2.23. The highest BCUT2D eigenvalue weighted by Gasteiger charge is 2.23. The van der Waals surface area contributed by atoms with Crippen molar-refractivity contribution in [3.63, 3.8) is 0 Å². The van der Waals surface area contributed by atoms with Crippen LogP contribution < -0.4 is 5.69 Å². The van der Waals surface area contributed by atoms with Crippen molar-refractivity contribution in [2.75, 3.05) is 0 Å². The second-order valence-corrected chi connectivity index (χ2v) is 8.44. The number of Topliss-reactive ketones (excluding diaryl/α,β-unsaturated/α-hetero) is 1. The first kappa shape index (κ1) is 24.5. The van der Waals surface area contributed by atoms with Gasteiger partial charge in [-0.15, -0.1) is 0 Å². The van der Waals surface area contributed by atoms with Crippen LogP contribution in [-0.4, -0.2) is 30.7 Å².